The molecule has 0 saturated heterocycles. The number of fused-ring (bicyclic) bond motifs is 3. The van der Waals surface area contributed by atoms with E-state index in [9.17, 15) is 10.5 Å². The molecule has 0 N–H and O–H groups in total. The standard InChI is InChI=1S/C20H9Br2N3/c21-13-4-6-19-15(8-13)16-9-14(22)5-7-20(16)25(19)18-3-1-2-12(10-23)17(18)11-24/h1-9H. The topological polar surface area (TPSA) is 52.5 Å². The number of benzene rings is 3. The van der Waals surface area contributed by atoms with Crippen molar-refractivity contribution in [3.63, 3.8) is 0 Å². The number of nitriles is 2. The summed E-state index contributed by atoms with van der Waals surface area (Å²) in [7, 11) is 0. The van der Waals surface area contributed by atoms with E-state index in [0.717, 1.165) is 30.8 Å². The van der Waals surface area contributed by atoms with Crippen LogP contribution in [0.5, 0.6) is 0 Å². The number of aromatic nitrogens is 1. The number of nitrogens with zero attached hydrogens (tertiary/aromatic N) is 3. The van der Waals surface area contributed by atoms with E-state index in [4.69, 9.17) is 0 Å². The molecule has 1 aromatic heterocycles. The summed E-state index contributed by atoms with van der Waals surface area (Å²) in [4.78, 5) is 0. The van der Waals surface area contributed by atoms with Gasteiger partial charge in [0.1, 0.15) is 12.1 Å². The molecule has 1 heterocycles. The minimum atomic E-state index is 0.379. The van der Waals surface area contributed by atoms with Crippen molar-refractivity contribution in [2.45, 2.75) is 0 Å². The van der Waals surface area contributed by atoms with Crippen LogP contribution in [0.1, 0.15) is 11.1 Å². The maximum atomic E-state index is 9.63. The SMILES string of the molecule is N#Cc1cccc(-n2c3ccc(Br)cc3c3cc(Br)ccc32)c1C#N. The highest BCUT2D eigenvalue weighted by Crippen LogP contribution is 2.36. The predicted octanol–water partition coefficient (Wildman–Crippen LogP) is 6.05. The van der Waals surface area contributed by atoms with Crippen LogP contribution in [0.25, 0.3) is 27.5 Å². The molecular formula is C20H9Br2N3. The van der Waals surface area contributed by atoms with E-state index in [-0.39, 0.29) is 0 Å². The van der Waals surface area contributed by atoms with Crippen LogP contribution in [-0.2, 0) is 0 Å². The van der Waals surface area contributed by atoms with Crippen LogP contribution in [-0.4, -0.2) is 4.57 Å². The summed E-state index contributed by atoms with van der Waals surface area (Å²) in [5.74, 6) is 0. The van der Waals surface area contributed by atoms with Crippen LogP contribution in [0, 0.1) is 22.7 Å². The molecule has 3 aromatic carbocycles. The molecule has 0 atom stereocenters. The zero-order valence-electron chi connectivity index (χ0n) is 12.8. The highest BCUT2D eigenvalue weighted by atomic mass is 79.9. The van der Waals surface area contributed by atoms with Crippen molar-refractivity contribution >= 4 is 53.7 Å². The Kier molecular flexibility index (Phi) is 3.84. The molecule has 0 aliphatic rings. The van der Waals surface area contributed by atoms with Gasteiger partial charge in [-0.2, -0.15) is 10.5 Å². The van der Waals surface area contributed by atoms with Crippen molar-refractivity contribution < 1.29 is 0 Å². The third-order valence-corrected chi connectivity index (χ3v) is 5.19. The summed E-state index contributed by atoms with van der Waals surface area (Å²) in [5.41, 5.74) is 3.45. The molecular weight excluding hydrogens is 442 g/mol. The molecule has 4 rings (SSSR count). The van der Waals surface area contributed by atoms with Gasteiger partial charge in [-0.05, 0) is 48.5 Å². The number of rotatable bonds is 1. The maximum Gasteiger partial charge on any atom is 0.103 e. The zero-order valence-corrected chi connectivity index (χ0v) is 16.0. The minimum Gasteiger partial charge on any atom is -0.308 e. The van der Waals surface area contributed by atoms with E-state index in [1.165, 1.54) is 0 Å². The van der Waals surface area contributed by atoms with Gasteiger partial charge in [-0.1, -0.05) is 37.9 Å². The second kappa shape index (κ2) is 6.04. The number of halogens is 2. The van der Waals surface area contributed by atoms with Crippen molar-refractivity contribution in [1.82, 2.24) is 4.57 Å². The van der Waals surface area contributed by atoms with Gasteiger partial charge >= 0.3 is 0 Å². The Labute approximate surface area is 161 Å². The molecule has 118 valence electrons. The number of hydrogen-bond acceptors (Lipinski definition) is 2. The van der Waals surface area contributed by atoms with Crippen LogP contribution in [0.15, 0.2) is 63.5 Å². The zero-order chi connectivity index (χ0) is 17.6. The van der Waals surface area contributed by atoms with Crippen molar-refractivity contribution in [3.05, 3.63) is 74.7 Å². The van der Waals surface area contributed by atoms with Gasteiger partial charge in [0.05, 0.1) is 27.8 Å². The van der Waals surface area contributed by atoms with Crippen LogP contribution >= 0.6 is 31.9 Å². The summed E-state index contributed by atoms with van der Waals surface area (Å²) < 4.78 is 4.03. The van der Waals surface area contributed by atoms with Gasteiger partial charge in [0.25, 0.3) is 0 Å². The normalized spacial score (nSPS) is 10.7. The molecule has 0 saturated carbocycles. The molecule has 0 radical (unpaired) electrons. The molecule has 0 spiro atoms. The first-order chi connectivity index (χ1) is 12.1. The van der Waals surface area contributed by atoms with E-state index in [2.05, 4.69) is 56.1 Å². The Morgan fingerprint density at radius 1 is 0.760 bits per heavy atom. The fraction of sp³-hybridized carbons (Fsp3) is 0. The molecule has 0 fully saturated rings. The van der Waals surface area contributed by atoms with Crippen molar-refractivity contribution in [2.75, 3.05) is 0 Å². The van der Waals surface area contributed by atoms with E-state index in [1.54, 1.807) is 6.07 Å². The monoisotopic (exact) mass is 449 g/mol. The van der Waals surface area contributed by atoms with E-state index >= 15 is 0 Å². The Morgan fingerprint density at radius 3 is 1.88 bits per heavy atom. The summed E-state index contributed by atoms with van der Waals surface area (Å²) in [6.07, 6.45) is 0. The molecule has 0 unspecified atom stereocenters. The summed E-state index contributed by atoms with van der Waals surface area (Å²) in [6.45, 7) is 0. The Hall–Kier alpha value is -2.60. The fourth-order valence-electron chi connectivity index (χ4n) is 3.16. The molecule has 3 nitrogen and oxygen atoms in total. The van der Waals surface area contributed by atoms with Crippen molar-refractivity contribution in [1.29, 1.82) is 10.5 Å². The Bertz CT molecular complexity index is 1180. The minimum absolute atomic E-state index is 0.379. The van der Waals surface area contributed by atoms with Crippen LogP contribution in [0.3, 0.4) is 0 Å². The first-order valence-corrected chi connectivity index (χ1v) is 9.05. The van der Waals surface area contributed by atoms with Gasteiger partial charge < -0.3 is 4.57 Å². The van der Waals surface area contributed by atoms with Gasteiger partial charge in [0.2, 0.25) is 0 Å². The number of hydrogen-bond donors (Lipinski definition) is 0. The lowest BCUT2D eigenvalue weighted by Crippen LogP contribution is -1.99. The van der Waals surface area contributed by atoms with Gasteiger partial charge in [-0.25, -0.2) is 0 Å². The van der Waals surface area contributed by atoms with Gasteiger partial charge in [-0.15, -0.1) is 0 Å². The van der Waals surface area contributed by atoms with E-state index in [1.807, 2.05) is 41.0 Å². The van der Waals surface area contributed by atoms with Crippen molar-refractivity contribution in [3.8, 4) is 17.8 Å². The first kappa shape index (κ1) is 15.9. The molecule has 0 amide bonds. The average molecular weight is 451 g/mol. The molecule has 5 heteroatoms. The Morgan fingerprint density at radius 2 is 1.36 bits per heavy atom. The first-order valence-electron chi connectivity index (χ1n) is 7.47. The molecule has 0 aliphatic heterocycles. The predicted molar refractivity (Wildman–Crippen MR) is 106 cm³/mol. The van der Waals surface area contributed by atoms with Crippen LogP contribution in [0.4, 0.5) is 0 Å². The maximum absolute atomic E-state index is 9.63. The van der Waals surface area contributed by atoms with Crippen LogP contribution < -0.4 is 0 Å². The Balaban J connectivity index is 2.23. The second-order valence-electron chi connectivity index (χ2n) is 5.58. The van der Waals surface area contributed by atoms with Gasteiger partial charge in [-0.3, -0.25) is 0 Å². The second-order valence-corrected chi connectivity index (χ2v) is 7.41. The molecule has 0 aliphatic carbocycles. The summed E-state index contributed by atoms with van der Waals surface area (Å²) in [5, 5.41) is 21.1. The fourth-order valence-corrected chi connectivity index (χ4v) is 3.89. The third-order valence-electron chi connectivity index (χ3n) is 4.20. The van der Waals surface area contributed by atoms with Gasteiger partial charge in [0.15, 0.2) is 0 Å². The van der Waals surface area contributed by atoms with Crippen molar-refractivity contribution in [2.24, 2.45) is 0 Å². The van der Waals surface area contributed by atoms with E-state index < -0.39 is 0 Å². The van der Waals surface area contributed by atoms with Crippen LogP contribution in [0.2, 0.25) is 0 Å². The third kappa shape index (κ3) is 2.44. The van der Waals surface area contributed by atoms with E-state index in [0.29, 0.717) is 16.8 Å². The highest BCUT2D eigenvalue weighted by Gasteiger charge is 2.17. The molecule has 25 heavy (non-hydrogen) atoms. The summed E-state index contributed by atoms with van der Waals surface area (Å²) >= 11 is 7.07. The quantitative estimate of drug-likeness (QED) is 0.354. The summed E-state index contributed by atoms with van der Waals surface area (Å²) in [6, 6.07) is 21.8. The van der Waals surface area contributed by atoms with Gasteiger partial charge in [0, 0.05) is 19.7 Å². The highest BCUT2D eigenvalue weighted by molar-refractivity contribution is 9.10. The lowest BCUT2D eigenvalue weighted by Gasteiger charge is -2.10. The molecule has 0 bridgehead atoms. The molecule has 4 aromatic rings. The average Bonchev–Trinajstić information content (AvgIpc) is 2.93. The lowest BCUT2D eigenvalue weighted by molar-refractivity contribution is 1.16. The largest absolute Gasteiger partial charge is 0.308 e. The lowest BCUT2D eigenvalue weighted by atomic mass is 10.1. The smallest absolute Gasteiger partial charge is 0.103 e.